The first-order valence-corrected chi connectivity index (χ1v) is 11.3. The number of benzene rings is 2. The predicted octanol–water partition coefficient (Wildman–Crippen LogP) is 3.22. The normalized spacial score (nSPS) is 14.5. The van der Waals surface area contributed by atoms with Crippen molar-refractivity contribution in [2.24, 2.45) is 0 Å². The quantitative estimate of drug-likeness (QED) is 0.411. The highest BCUT2D eigenvalue weighted by Gasteiger charge is 2.22. The second-order valence-corrected chi connectivity index (χ2v) is 8.56. The second-order valence-electron chi connectivity index (χ2n) is 7.55. The Bertz CT molecular complexity index is 1160. The molecule has 1 amide bonds. The summed E-state index contributed by atoms with van der Waals surface area (Å²) in [5.74, 6) is -0.0308. The molecule has 0 aliphatic carbocycles. The Hall–Kier alpha value is -2.59. The third-order valence-electron chi connectivity index (χ3n) is 5.48. The fourth-order valence-electron chi connectivity index (χ4n) is 3.83. The average Bonchev–Trinajstić information content (AvgIpc) is 3.41. The molecule has 0 radical (unpaired) electrons. The van der Waals surface area contributed by atoms with Gasteiger partial charge in [0.15, 0.2) is 5.13 Å². The molecule has 168 valence electrons. The van der Waals surface area contributed by atoms with Crippen molar-refractivity contribution in [1.82, 2.24) is 24.9 Å². The number of carbonyl (C=O) groups excluding carboxylic acids is 1. The molecule has 0 atom stereocenters. The standard InChI is InChI=1S/C22H24N6O2S.ClH/c29-21(16-28-19-8-3-1-6-17(19)24-25-28)27(11-5-10-26-12-14-30-15-13-26)22-23-18-7-2-4-9-20(18)31-22;/h1-4,6-9H,5,10-16H2;1H. The van der Waals surface area contributed by atoms with Crippen LogP contribution in [0.4, 0.5) is 5.13 Å². The summed E-state index contributed by atoms with van der Waals surface area (Å²) < 4.78 is 8.18. The van der Waals surface area contributed by atoms with E-state index in [0.717, 1.165) is 65.7 Å². The van der Waals surface area contributed by atoms with Crippen LogP contribution in [-0.2, 0) is 16.1 Å². The Morgan fingerprint density at radius 2 is 1.81 bits per heavy atom. The van der Waals surface area contributed by atoms with Gasteiger partial charge in [-0.2, -0.15) is 0 Å². The van der Waals surface area contributed by atoms with E-state index >= 15 is 0 Å². The molecule has 5 rings (SSSR count). The average molecular weight is 473 g/mol. The molecule has 3 heterocycles. The van der Waals surface area contributed by atoms with Crippen LogP contribution in [0.25, 0.3) is 21.3 Å². The predicted molar refractivity (Wildman–Crippen MR) is 129 cm³/mol. The number of fused-ring (bicyclic) bond motifs is 2. The van der Waals surface area contributed by atoms with Crippen molar-refractivity contribution in [2.45, 2.75) is 13.0 Å². The number of nitrogens with zero attached hydrogens (tertiary/aromatic N) is 6. The maximum Gasteiger partial charge on any atom is 0.250 e. The zero-order chi connectivity index (χ0) is 21.0. The molecule has 0 saturated carbocycles. The molecule has 1 aliphatic rings. The SMILES string of the molecule is Cl.O=C(Cn1nnc2ccccc21)N(CCCN1CCOCC1)c1nc2ccccc2s1. The maximum absolute atomic E-state index is 13.4. The van der Waals surface area contributed by atoms with E-state index in [4.69, 9.17) is 9.72 Å². The lowest BCUT2D eigenvalue weighted by Crippen LogP contribution is -2.40. The van der Waals surface area contributed by atoms with Gasteiger partial charge in [-0.05, 0) is 30.7 Å². The van der Waals surface area contributed by atoms with Gasteiger partial charge in [0, 0.05) is 26.2 Å². The minimum Gasteiger partial charge on any atom is -0.379 e. The summed E-state index contributed by atoms with van der Waals surface area (Å²) in [6.07, 6.45) is 0.875. The van der Waals surface area contributed by atoms with Crippen LogP contribution in [0.3, 0.4) is 0 Å². The molecule has 0 bridgehead atoms. The Balaban J connectivity index is 0.00000245. The van der Waals surface area contributed by atoms with E-state index < -0.39 is 0 Å². The van der Waals surface area contributed by atoms with Gasteiger partial charge in [0.05, 0.1) is 28.9 Å². The zero-order valence-electron chi connectivity index (χ0n) is 17.6. The number of rotatable bonds is 7. The number of amides is 1. The third-order valence-corrected chi connectivity index (χ3v) is 6.54. The Morgan fingerprint density at radius 1 is 1.06 bits per heavy atom. The summed E-state index contributed by atoms with van der Waals surface area (Å²) in [6.45, 7) is 5.13. The summed E-state index contributed by atoms with van der Waals surface area (Å²) in [5.41, 5.74) is 2.56. The monoisotopic (exact) mass is 472 g/mol. The van der Waals surface area contributed by atoms with Crippen LogP contribution in [0.1, 0.15) is 6.42 Å². The highest BCUT2D eigenvalue weighted by atomic mass is 35.5. The topological polar surface area (TPSA) is 76.4 Å². The van der Waals surface area contributed by atoms with E-state index in [9.17, 15) is 4.79 Å². The highest BCUT2D eigenvalue weighted by Crippen LogP contribution is 2.29. The Labute approximate surface area is 196 Å². The van der Waals surface area contributed by atoms with Crippen molar-refractivity contribution in [3.8, 4) is 0 Å². The number of thiazole rings is 1. The number of aromatic nitrogens is 4. The number of halogens is 1. The van der Waals surface area contributed by atoms with Crippen LogP contribution in [0.15, 0.2) is 48.5 Å². The first-order chi connectivity index (χ1) is 15.3. The van der Waals surface area contributed by atoms with Gasteiger partial charge in [-0.15, -0.1) is 17.5 Å². The van der Waals surface area contributed by atoms with Gasteiger partial charge in [-0.3, -0.25) is 14.6 Å². The lowest BCUT2D eigenvalue weighted by Gasteiger charge is -2.27. The summed E-state index contributed by atoms with van der Waals surface area (Å²) in [5, 5.41) is 9.09. The number of morpholine rings is 1. The molecule has 0 spiro atoms. The lowest BCUT2D eigenvalue weighted by molar-refractivity contribution is -0.119. The molecule has 2 aromatic carbocycles. The van der Waals surface area contributed by atoms with E-state index in [0.29, 0.717) is 6.54 Å². The van der Waals surface area contributed by atoms with E-state index in [-0.39, 0.29) is 24.9 Å². The molecule has 8 nitrogen and oxygen atoms in total. The second kappa shape index (κ2) is 10.4. The molecule has 32 heavy (non-hydrogen) atoms. The largest absolute Gasteiger partial charge is 0.379 e. The Kier molecular flexibility index (Phi) is 7.31. The summed E-state index contributed by atoms with van der Waals surface area (Å²) in [4.78, 5) is 22.3. The molecular formula is C22H25ClN6O2S. The molecule has 4 aromatic rings. The number of para-hydroxylation sites is 2. The molecule has 10 heteroatoms. The lowest BCUT2D eigenvalue weighted by atomic mass is 10.3. The maximum atomic E-state index is 13.4. The fourth-order valence-corrected chi connectivity index (χ4v) is 4.84. The van der Waals surface area contributed by atoms with Crippen LogP contribution >= 0.6 is 23.7 Å². The van der Waals surface area contributed by atoms with E-state index in [1.807, 2.05) is 53.4 Å². The number of hydrogen-bond acceptors (Lipinski definition) is 7. The molecule has 0 N–H and O–H groups in total. The van der Waals surface area contributed by atoms with Crippen molar-refractivity contribution < 1.29 is 9.53 Å². The van der Waals surface area contributed by atoms with Gasteiger partial charge in [0.1, 0.15) is 12.1 Å². The van der Waals surface area contributed by atoms with Crippen molar-refractivity contribution >= 4 is 56.0 Å². The van der Waals surface area contributed by atoms with Gasteiger partial charge < -0.3 is 4.74 Å². The van der Waals surface area contributed by atoms with Crippen molar-refractivity contribution in [2.75, 3.05) is 44.3 Å². The molecular weight excluding hydrogens is 448 g/mol. The number of hydrogen-bond donors (Lipinski definition) is 0. The van der Waals surface area contributed by atoms with Gasteiger partial charge in [0.2, 0.25) is 0 Å². The number of ether oxygens (including phenoxy) is 1. The van der Waals surface area contributed by atoms with Crippen molar-refractivity contribution in [3.63, 3.8) is 0 Å². The Morgan fingerprint density at radius 3 is 2.62 bits per heavy atom. The molecule has 0 unspecified atom stereocenters. The smallest absolute Gasteiger partial charge is 0.250 e. The van der Waals surface area contributed by atoms with Gasteiger partial charge >= 0.3 is 0 Å². The van der Waals surface area contributed by atoms with E-state index in [1.165, 1.54) is 0 Å². The van der Waals surface area contributed by atoms with E-state index in [1.54, 1.807) is 16.0 Å². The molecule has 1 aliphatic heterocycles. The van der Waals surface area contributed by atoms with E-state index in [2.05, 4.69) is 15.2 Å². The highest BCUT2D eigenvalue weighted by molar-refractivity contribution is 7.22. The van der Waals surface area contributed by atoms with Crippen LogP contribution in [0, 0.1) is 0 Å². The van der Waals surface area contributed by atoms with Crippen LogP contribution in [0.5, 0.6) is 0 Å². The number of anilines is 1. The summed E-state index contributed by atoms with van der Waals surface area (Å²) in [6, 6.07) is 15.7. The minimum atomic E-state index is -0.0308. The molecule has 2 aromatic heterocycles. The molecule has 1 saturated heterocycles. The summed E-state index contributed by atoms with van der Waals surface area (Å²) in [7, 11) is 0. The van der Waals surface area contributed by atoms with Gasteiger partial charge in [-0.25, -0.2) is 9.67 Å². The van der Waals surface area contributed by atoms with Gasteiger partial charge in [-0.1, -0.05) is 40.8 Å². The van der Waals surface area contributed by atoms with Crippen molar-refractivity contribution in [1.29, 1.82) is 0 Å². The third kappa shape index (κ3) is 4.91. The summed E-state index contributed by atoms with van der Waals surface area (Å²) >= 11 is 1.55. The number of carbonyl (C=O) groups is 1. The van der Waals surface area contributed by atoms with Gasteiger partial charge in [0.25, 0.3) is 5.91 Å². The minimum absolute atomic E-state index is 0. The fraction of sp³-hybridized carbons (Fsp3) is 0.364. The first-order valence-electron chi connectivity index (χ1n) is 10.5. The van der Waals surface area contributed by atoms with Crippen LogP contribution < -0.4 is 4.90 Å². The first kappa shape index (κ1) is 22.6. The zero-order valence-corrected chi connectivity index (χ0v) is 19.2. The molecule has 1 fully saturated rings. The van der Waals surface area contributed by atoms with Crippen LogP contribution in [0.2, 0.25) is 0 Å². The van der Waals surface area contributed by atoms with Crippen LogP contribution in [-0.4, -0.2) is 70.2 Å². The van der Waals surface area contributed by atoms with Crippen molar-refractivity contribution in [3.05, 3.63) is 48.5 Å².